The van der Waals surface area contributed by atoms with Gasteiger partial charge in [-0.3, -0.25) is 4.90 Å². The third-order valence-corrected chi connectivity index (χ3v) is 6.90. The molecule has 0 saturated carbocycles. The van der Waals surface area contributed by atoms with Crippen LogP contribution in [-0.4, -0.2) is 45.6 Å². The molecule has 2 aliphatic heterocycles. The van der Waals surface area contributed by atoms with Gasteiger partial charge in [-0.2, -0.15) is 0 Å². The average molecular weight is 338 g/mol. The highest BCUT2D eigenvalue weighted by molar-refractivity contribution is 7.89. The lowest BCUT2D eigenvalue weighted by Gasteiger charge is -2.32. The summed E-state index contributed by atoms with van der Waals surface area (Å²) in [6.07, 6.45) is 4.42. The molecule has 2 fully saturated rings. The van der Waals surface area contributed by atoms with E-state index < -0.39 is 10.0 Å². The van der Waals surface area contributed by atoms with Crippen LogP contribution < -0.4 is 9.46 Å². The summed E-state index contributed by atoms with van der Waals surface area (Å²) in [4.78, 5) is 2.83. The van der Waals surface area contributed by atoms with Crippen molar-refractivity contribution in [3.63, 3.8) is 0 Å². The molecule has 0 amide bonds. The Morgan fingerprint density at radius 3 is 2.48 bits per heavy atom. The topological polar surface area (TPSA) is 58.6 Å². The number of nitrogens with zero attached hydrogens (tertiary/aromatic N) is 1. The smallest absolute Gasteiger partial charge is 0.241 e. The molecule has 0 bridgehead atoms. The van der Waals surface area contributed by atoms with Gasteiger partial charge in [0, 0.05) is 18.6 Å². The van der Waals surface area contributed by atoms with Crippen molar-refractivity contribution in [2.75, 3.05) is 20.2 Å². The summed E-state index contributed by atoms with van der Waals surface area (Å²) in [6, 6.07) is 3.95. The Morgan fingerprint density at radius 2 is 1.83 bits per heavy atom. The van der Waals surface area contributed by atoms with E-state index in [9.17, 15) is 8.42 Å². The van der Waals surface area contributed by atoms with Gasteiger partial charge in [0.05, 0.1) is 12.0 Å². The highest BCUT2D eigenvalue weighted by atomic mass is 32.2. The maximum atomic E-state index is 12.9. The molecule has 0 aliphatic carbocycles. The molecule has 0 spiro atoms. The Morgan fingerprint density at radius 1 is 1.13 bits per heavy atom. The Labute approximate surface area is 139 Å². The standard InChI is InChI=1S/C17H26N2O3S/c1-12-10-14(22-3)11-13(2)17(12)23(20,21)18-15-7-9-19-8-5-4-6-16(15)19/h10-11,15-16,18H,4-9H2,1-3H3/t15-,16+/m0/s1. The number of methoxy groups -OCH3 is 1. The number of hydrogen-bond donors (Lipinski definition) is 1. The molecule has 1 N–H and O–H groups in total. The summed E-state index contributed by atoms with van der Waals surface area (Å²) in [5.74, 6) is 0.693. The molecule has 0 unspecified atom stereocenters. The summed E-state index contributed by atoms with van der Waals surface area (Å²) >= 11 is 0. The molecule has 0 aromatic heterocycles. The van der Waals surface area contributed by atoms with E-state index in [2.05, 4.69) is 9.62 Å². The molecule has 2 aliphatic rings. The monoisotopic (exact) mass is 338 g/mol. The molecular formula is C17H26N2O3S. The molecule has 2 saturated heterocycles. The lowest BCUT2D eigenvalue weighted by molar-refractivity contribution is 0.186. The number of nitrogens with one attached hydrogen (secondary N) is 1. The number of piperidine rings is 1. The van der Waals surface area contributed by atoms with Crippen molar-refractivity contribution >= 4 is 10.0 Å². The van der Waals surface area contributed by atoms with E-state index in [0.29, 0.717) is 16.7 Å². The molecule has 1 aromatic carbocycles. The number of benzene rings is 1. The van der Waals surface area contributed by atoms with Gasteiger partial charge in [0.25, 0.3) is 0 Å². The molecular weight excluding hydrogens is 312 g/mol. The number of hydrogen-bond acceptors (Lipinski definition) is 4. The van der Waals surface area contributed by atoms with E-state index in [4.69, 9.17) is 4.74 Å². The van der Waals surface area contributed by atoms with Gasteiger partial charge >= 0.3 is 0 Å². The molecule has 1 aromatic rings. The highest BCUT2D eigenvalue weighted by Gasteiger charge is 2.38. The Hall–Kier alpha value is -1.11. The zero-order valence-corrected chi connectivity index (χ0v) is 14.9. The van der Waals surface area contributed by atoms with Gasteiger partial charge in [0.15, 0.2) is 0 Å². The quantitative estimate of drug-likeness (QED) is 0.914. The molecule has 0 radical (unpaired) electrons. The highest BCUT2D eigenvalue weighted by Crippen LogP contribution is 2.30. The summed E-state index contributed by atoms with van der Waals surface area (Å²) in [6.45, 7) is 5.75. The molecule has 2 atom stereocenters. The van der Waals surface area contributed by atoms with Gasteiger partial charge in [0.2, 0.25) is 10.0 Å². The fraction of sp³-hybridized carbons (Fsp3) is 0.647. The van der Waals surface area contributed by atoms with Gasteiger partial charge in [0.1, 0.15) is 5.75 Å². The number of sulfonamides is 1. The Kier molecular flexibility index (Phi) is 4.67. The minimum absolute atomic E-state index is 0.0289. The molecule has 5 nitrogen and oxygen atoms in total. The first-order valence-corrected chi connectivity index (χ1v) is 9.82. The van der Waals surface area contributed by atoms with Crippen LogP contribution in [0.25, 0.3) is 0 Å². The second-order valence-electron chi connectivity index (χ2n) is 6.71. The largest absolute Gasteiger partial charge is 0.497 e. The van der Waals surface area contributed by atoms with Crippen LogP contribution in [0.2, 0.25) is 0 Å². The van der Waals surface area contributed by atoms with Crippen molar-refractivity contribution in [3.8, 4) is 5.75 Å². The maximum Gasteiger partial charge on any atom is 0.241 e. The fourth-order valence-electron chi connectivity index (χ4n) is 4.10. The maximum absolute atomic E-state index is 12.9. The van der Waals surface area contributed by atoms with E-state index in [1.807, 2.05) is 13.8 Å². The zero-order chi connectivity index (χ0) is 16.6. The molecule has 128 valence electrons. The molecule has 2 heterocycles. The van der Waals surface area contributed by atoms with Crippen LogP contribution in [0.5, 0.6) is 5.75 Å². The van der Waals surface area contributed by atoms with E-state index in [-0.39, 0.29) is 6.04 Å². The summed E-state index contributed by atoms with van der Waals surface area (Å²) in [5.41, 5.74) is 1.46. The first-order chi connectivity index (χ1) is 10.9. The third kappa shape index (κ3) is 3.25. The lowest BCUT2D eigenvalue weighted by Crippen LogP contribution is -2.46. The summed E-state index contributed by atoms with van der Waals surface area (Å²) in [5, 5.41) is 0. The number of ether oxygens (including phenoxy) is 1. The van der Waals surface area contributed by atoms with Crippen molar-refractivity contribution in [3.05, 3.63) is 23.3 Å². The van der Waals surface area contributed by atoms with Crippen molar-refractivity contribution in [2.45, 2.75) is 56.5 Å². The SMILES string of the molecule is COc1cc(C)c(S(=O)(=O)N[C@H]2CCN3CCCC[C@H]23)c(C)c1. The second kappa shape index (κ2) is 6.42. The van der Waals surface area contributed by atoms with E-state index >= 15 is 0 Å². The third-order valence-electron chi connectivity index (χ3n) is 5.10. The van der Waals surface area contributed by atoms with Crippen LogP contribution >= 0.6 is 0 Å². The molecule has 3 rings (SSSR count). The normalized spacial score (nSPS) is 25.3. The van der Waals surface area contributed by atoms with Gasteiger partial charge < -0.3 is 4.74 Å². The second-order valence-corrected chi connectivity index (χ2v) is 8.36. The van der Waals surface area contributed by atoms with Gasteiger partial charge in [-0.25, -0.2) is 13.1 Å². The van der Waals surface area contributed by atoms with Crippen LogP contribution in [0.3, 0.4) is 0 Å². The summed E-state index contributed by atoms with van der Waals surface area (Å²) < 4.78 is 34.1. The van der Waals surface area contributed by atoms with Crippen LogP contribution in [-0.2, 0) is 10.0 Å². The van der Waals surface area contributed by atoms with Gasteiger partial charge in [-0.1, -0.05) is 6.42 Å². The molecule has 6 heteroatoms. The summed E-state index contributed by atoms with van der Waals surface area (Å²) in [7, 11) is -1.92. The van der Waals surface area contributed by atoms with Crippen molar-refractivity contribution in [2.24, 2.45) is 0 Å². The van der Waals surface area contributed by atoms with Crippen LogP contribution in [0.4, 0.5) is 0 Å². The minimum atomic E-state index is -3.51. The lowest BCUT2D eigenvalue weighted by atomic mass is 10.00. The Balaban J connectivity index is 1.85. The van der Waals surface area contributed by atoms with Gasteiger partial charge in [-0.05, 0) is 62.9 Å². The first kappa shape index (κ1) is 16.7. The molecule has 23 heavy (non-hydrogen) atoms. The van der Waals surface area contributed by atoms with E-state index in [1.165, 1.54) is 12.8 Å². The van der Waals surface area contributed by atoms with Crippen LogP contribution in [0.15, 0.2) is 17.0 Å². The predicted molar refractivity (Wildman–Crippen MR) is 90.4 cm³/mol. The number of aryl methyl sites for hydroxylation is 2. The average Bonchev–Trinajstić information content (AvgIpc) is 2.89. The van der Waals surface area contributed by atoms with Crippen molar-refractivity contribution < 1.29 is 13.2 Å². The van der Waals surface area contributed by atoms with Gasteiger partial charge in [-0.15, -0.1) is 0 Å². The fourth-order valence-corrected chi connectivity index (χ4v) is 5.85. The Bertz CT molecular complexity index is 664. The van der Waals surface area contributed by atoms with Crippen LogP contribution in [0, 0.1) is 13.8 Å². The minimum Gasteiger partial charge on any atom is -0.497 e. The van der Waals surface area contributed by atoms with Crippen molar-refractivity contribution in [1.82, 2.24) is 9.62 Å². The first-order valence-electron chi connectivity index (χ1n) is 8.34. The number of fused-ring (bicyclic) bond motifs is 1. The zero-order valence-electron chi connectivity index (χ0n) is 14.1. The van der Waals surface area contributed by atoms with E-state index in [1.54, 1.807) is 19.2 Å². The predicted octanol–water partition coefficient (Wildman–Crippen LogP) is 2.22. The van der Waals surface area contributed by atoms with Crippen LogP contribution in [0.1, 0.15) is 36.8 Å². The number of rotatable bonds is 4. The van der Waals surface area contributed by atoms with Crippen molar-refractivity contribution in [1.29, 1.82) is 0 Å². The van der Waals surface area contributed by atoms with E-state index in [0.717, 1.165) is 37.1 Å².